The summed E-state index contributed by atoms with van der Waals surface area (Å²) < 4.78 is 28.1. The fourth-order valence-electron chi connectivity index (χ4n) is 1.82. The Labute approximate surface area is 109 Å². The van der Waals surface area contributed by atoms with Crippen LogP contribution in [0.25, 0.3) is 0 Å². The summed E-state index contributed by atoms with van der Waals surface area (Å²) in [5.74, 6) is -0.928. The van der Waals surface area contributed by atoms with Crippen LogP contribution < -0.4 is 5.32 Å². The van der Waals surface area contributed by atoms with E-state index in [0.717, 1.165) is 0 Å². The van der Waals surface area contributed by atoms with Crippen molar-refractivity contribution in [2.45, 2.75) is 19.8 Å². The molecular weight excluding hydrogens is 262 g/mol. The summed E-state index contributed by atoms with van der Waals surface area (Å²) in [6, 6.07) is -0.398. The Morgan fingerprint density at radius 3 is 2.74 bits per heavy atom. The number of urea groups is 1. The molecule has 8 heteroatoms. The van der Waals surface area contributed by atoms with Gasteiger partial charge in [-0.25, -0.2) is 13.6 Å². The van der Waals surface area contributed by atoms with Gasteiger partial charge in [-0.2, -0.15) is 0 Å². The highest BCUT2D eigenvalue weighted by Crippen LogP contribution is 2.29. The minimum Gasteiger partial charge on any atom is -0.481 e. The lowest BCUT2D eigenvalue weighted by molar-refractivity contribution is -0.147. The van der Waals surface area contributed by atoms with Gasteiger partial charge in [-0.3, -0.25) is 4.79 Å². The molecular formula is C11H18F2N2O4. The van der Waals surface area contributed by atoms with Gasteiger partial charge in [0.15, 0.2) is 0 Å². The fraction of sp³-hybridized carbons (Fsp3) is 0.818. The van der Waals surface area contributed by atoms with E-state index in [1.54, 1.807) is 6.92 Å². The number of nitrogens with zero attached hydrogens (tertiary/aromatic N) is 1. The molecule has 1 saturated heterocycles. The molecule has 19 heavy (non-hydrogen) atoms. The molecule has 1 fully saturated rings. The molecule has 0 aromatic carbocycles. The fourth-order valence-corrected chi connectivity index (χ4v) is 1.82. The normalized spacial score (nSPS) is 22.8. The number of halogens is 2. The Morgan fingerprint density at radius 1 is 1.53 bits per heavy atom. The zero-order chi connectivity index (χ0) is 14.5. The first kappa shape index (κ1) is 15.6. The van der Waals surface area contributed by atoms with Crippen LogP contribution in [0.4, 0.5) is 13.6 Å². The van der Waals surface area contributed by atoms with E-state index in [2.05, 4.69) is 10.1 Å². The molecule has 2 N–H and O–H groups in total. The number of amides is 2. The molecule has 0 radical (unpaired) electrons. The topological polar surface area (TPSA) is 78.9 Å². The second kappa shape index (κ2) is 6.65. The summed E-state index contributed by atoms with van der Waals surface area (Å²) in [5, 5.41) is 11.5. The monoisotopic (exact) mass is 280 g/mol. The van der Waals surface area contributed by atoms with Gasteiger partial charge in [0, 0.05) is 19.6 Å². The maximum atomic E-state index is 11.8. The molecule has 1 aliphatic rings. The Morgan fingerprint density at radius 2 is 2.21 bits per heavy atom. The number of likely N-dealkylation sites (tertiary alicyclic amines) is 1. The maximum Gasteiger partial charge on any atom is 0.317 e. The smallest absolute Gasteiger partial charge is 0.317 e. The maximum absolute atomic E-state index is 11.8. The zero-order valence-electron chi connectivity index (χ0n) is 10.7. The average Bonchev–Trinajstić information content (AvgIpc) is 2.72. The molecule has 0 aliphatic carbocycles. The van der Waals surface area contributed by atoms with Crippen LogP contribution in [0, 0.1) is 5.41 Å². The molecule has 1 aliphatic heterocycles. The molecule has 1 heterocycles. The van der Waals surface area contributed by atoms with Crippen LogP contribution in [0.15, 0.2) is 0 Å². The van der Waals surface area contributed by atoms with E-state index in [9.17, 15) is 18.4 Å². The summed E-state index contributed by atoms with van der Waals surface area (Å²) in [6.45, 7) is 1.57. The predicted molar refractivity (Wildman–Crippen MR) is 62.2 cm³/mol. The number of hydrogen-bond acceptors (Lipinski definition) is 3. The second-order valence-corrected chi connectivity index (χ2v) is 4.74. The highest BCUT2D eigenvalue weighted by atomic mass is 19.3. The molecule has 0 aromatic heterocycles. The Hall–Kier alpha value is -1.44. The number of rotatable bonds is 6. The van der Waals surface area contributed by atoms with Crippen LogP contribution in [-0.4, -0.2) is 61.3 Å². The number of ether oxygens (including phenoxy) is 1. The summed E-state index contributed by atoms with van der Waals surface area (Å²) >= 11 is 0. The first-order valence-electron chi connectivity index (χ1n) is 5.97. The molecule has 1 atom stereocenters. The van der Waals surface area contributed by atoms with Crippen LogP contribution in [0.2, 0.25) is 0 Å². The van der Waals surface area contributed by atoms with Gasteiger partial charge in [-0.1, -0.05) is 0 Å². The van der Waals surface area contributed by atoms with E-state index in [4.69, 9.17) is 5.11 Å². The Bertz CT molecular complexity index is 341. The highest BCUT2D eigenvalue weighted by molar-refractivity contribution is 5.79. The number of aliphatic carboxylic acids is 1. The van der Waals surface area contributed by atoms with Gasteiger partial charge in [0.1, 0.15) is 6.61 Å². The summed E-state index contributed by atoms with van der Waals surface area (Å²) in [7, 11) is 0. The summed E-state index contributed by atoms with van der Waals surface area (Å²) in [4.78, 5) is 24.1. The van der Waals surface area contributed by atoms with Crippen molar-refractivity contribution < 1.29 is 28.2 Å². The molecule has 0 bridgehead atoms. The van der Waals surface area contributed by atoms with Gasteiger partial charge in [0.2, 0.25) is 0 Å². The lowest BCUT2D eigenvalue weighted by Gasteiger charge is -2.20. The number of nitrogens with one attached hydrogen (secondary N) is 1. The molecule has 0 spiro atoms. The van der Waals surface area contributed by atoms with Gasteiger partial charge < -0.3 is 20.1 Å². The number of carbonyl (C=O) groups is 2. The molecule has 0 aromatic rings. The third-order valence-electron chi connectivity index (χ3n) is 3.04. The van der Waals surface area contributed by atoms with Crippen molar-refractivity contribution in [2.75, 3.05) is 32.8 Å². The molecule has 6 nitrogen and oxygen atoms in total. The Balaban J connectivity index is 2.23. The van der Waals surface area contributed by atoms with Gasteiger partial charge in [0.05, 0.1) is 12.0 Å². The van der Waals surface area contributed by atoms with E-state index in [0.29, 0.717) is 13.0 Å². The van der Waals surface area contributed by atoms with Crippen molar-refractivity contribution in [3.63, 3.8) is 0 Å². The Kier molecular flexibility index (Phi) is 5.46. The first-order chi connectivity index (χ1) is 8.85. The molecule has 0 saturated carbocycles. The predicted octanol–water partition coefficient (Wildman–Crippen LogP) is 0.774. The number of carbonyl (C=O) groups excluding carboxylic acids is 1. The quantitative estimate of drug-likeness (QED) is 0.705. The minimum absolute atomic E-state index is 0.000117. The number of hydrogen-bond donors (Lipinski definition) is 2. The summed E-state index contributed by atoms with van der Waals surface area (Å²) in [5.41, 5.74) is -0.913. The van der Waals surface area contributed by atoms with E-state index >= 15 is 0 Å². The minimum atomic E-state index is -2.52. The summed E-state index contributed by atoms with van der Waals surface area (Å²) in [6.07, 6.45) is -2.12. The lowest BCUT2D eigenvalue weighted by atomic mass is 9.90. The van der Waals surface area contributed by atoms with Crippen LogP contribution in [-0.2, 0) is 9.53 Å². The van der Waals surface area contributed by atoms with Crippen molar-refractivity contribution in [3.8, 4) is 0 Å². The molecule has 2 amide bonds. The van der Waals surface area contributed by atoms with Gasteiger partial charge in [0.25, 0.3) is 6.43 Å². The molecule has 110 valence electrons. The first-order valence-corrected chi connectivity index (χ1v) is 5.97. The van der Waals surface area contributed by atoms with Crippen molar-refractivity contribution in [1.82, 2.24) is 10.2 Å². The van der Waals surface area contributed by atoms with Crippen molar-refractivity contribution in [3.05, 3.63) is 0 Å². The number of carboxylic acids is 1. The largest absolute Gasteiger partial charge is 0.481 e. The molecule has 1 rings (SSSR count). The van der Waals surface area contributed by atoms with Gasteiger partial charge in [-0.05, 0) is 13.3 Å². The third kappa shape index (κ3) is 4.62. The standard InChI is InChI=1S/C11H18F2N2O4/c1-11(9(16)17)2-4-15(7-11)10(18)14-3-5-19-6-8(12)13/h8H,2-7H2,1H3,(H,14,18)(H,16,17). The van der Waals surface area contributed by atoms with Crippen LogP contribution in [0.5, 0.6) is 0 Å². The van der Waals surface area contributed by atoms with E-state index < -0.39 is 30.4 Å². The highest BCUT2D eigenvalue weighted by Gasteiger charge is 2.42. The van der Waals surface area contributed by atoms with Crippen molar-refractivity contribution >= 4 is 12.0 Å². The zero-order valence-corrected chi connectivity index (χ0v) is 10.7. The van der Waals surface area contributed by atoms with Gasteiger partial charge in [-0.15, -0.1) is 0 Å². The van der Waals surface area contributed by atoms with Crippen molar-refractivity contribution in [2.24, 2.45) is 5.41 Å². The van der Waals surface area contributed by atoms with Crippen LogP contribution >= 0.6 is 0 Å². The van der Waals surface area contributed by atoms with Crippen LogP contribution in [0.1, 0.15) is 13.3 Å². The van der Waals surface area contributed by atoms with E-state index in [1.807, 2.05) is 0 Å². The SMILES string of the molecule is CC1(C(=O)O)CCN(C(=O)NCCOCC(F)F)C1. The van der Waals surface area contributed by atoms with Crippen LogP contribution in [0.3, 0.4) is 0 Å². The average molecular weight is 280 g/mol. The number of carboxylic acid groups (broad SMARTS) is 1. The molecule has 1 unspecified atom stereocenters. The number of alkyl halides is 2. The van der Waals surface area contributed by atoms with Crippen molar-refractivity contribution in [1.29, 1.82) is 0 Å². The van der Waals surface area contributed by atoms with E-state index in [-0.39, 0.29) is 19.7 Å². The lowest BCUT2D eigenvalue weighted by Crippen LogP contribution is -2.42. The van der Waals surface area contributed by atoms with Gasteiger partial charge >= 0.3 is 12.0 Å². The van der Waals surface area contributed by atoms with E-state index in [1.165, 1.54) is 4.90 Å². The second-order valence-electron chi connectivity index (χ2n) is 4.74. The third-order valence-corrected chi connectivity index (χ3v) is 3.04.